The average molecular weight is 661 g/mol. The van der Waals surface area contributed by atoms with E-state index in [0.717, 1.165) is 64.8 Å². The number of hydrogen-bond donors (Lipinski definition) is 2. The molecule has 2 aliphatic rings. The van der Waals surface area contributed by atoms with Crippen LogP contribution in [0.15, 0.2) is 66.7 Å². The third-order valence-corrected chi connectivity index (χ3v) is 9.57. The molecule has 6 rings (SSSR count). The first kappa shape index (κ1) is 35.0. The lowest BCUT2D eigenvalue weighted by Crippen LogP contribution is -2.33. The van der Waals surface area contributed by atoms with Gasteiger partial charge in [-0.1, -0.05) is 55.5 Å². The maximum atomic E-state index is 13.6. The van der Waals surface area contributed by atoms with Crippen molar-refractivity contribution < 1.29 is 32.6 Å². The van der Waals surface area contributed by atoms with Crippen molar-refractivity contribution in [1.29, 1.82) is 0 Å². The number of likely N-dealkylation sites (tertiary alicyclic amines) is 1. The van der Waals surface area contributed by atoms with Gasteiger partial charge in [0.2, 0.25) is 5.92 Å². The van der Waals surface area contributed by atoms with Crippen LogP contribution in [0.2, 0.25) is 0 Å². The Balaban J connectivity index is 0.000000224. The van der Waals surface area contributed by atoms with E-state index in [4.69, 9.17) is 15.6 Å². The van der Waals surface area contributed by atoms with E-state index < -0.39 is 23.6 Å². The number of primary amides is 1. The molecule has 6 nitrogen and oxygen atoms in total. The largest absolute Gasteiger partial charge is 0.496 e. The van der Waals surface area contributed by atoms with Gasteiger partial charge in [-0.25, -0.2) is 13.2 Å². The highest BCUT2D eigenvalue weighted by Crippen LogP contribution is 2.48. The maximum absolute atomic E-state index is 13.6. The molecule has 1 aliphatic carbocycles. The van der Waals surface area contributed by atoms with Gasteiger partial charge in [0.1, 0.15) is 11.6 Å². The van der Waals surface area contributed by atoms with E-state index >= 15 is 0 Å². The molecule has 1 aliphatic heterocycles. The summed E-state index contributed by atoms with van der Waals surface area (Å²) in [6.07, 6.45) is 2.68. The highest BCUT2D eigenvalue weighted by atomic mass is 19.3. The second-order valence-electron chi connectivity index (χ2n) is 13.2. The first-order valence-corrected chi connectivity index (χ1v) is 16.4. The highest BCUT2D eigenvalue weighted by Gasteiger charge is 2.46. The number of ether oxygens (including phenoxy) is 1. The van der Waals surface area contributed by atoms with Crippen molar-refractivity contribution in [2.75, 3.05) is 20.2 Å². The molecule has 0 radical (unpaired) electrons. The Hall–Kier alpha value is -4.37. The van der Waals surface area contributed by atoms with Crippen LogP contribution in [-0.4, -0.2) is 48.0 Å². The Kier molecular flexibility index (Phi) is 10.8. The number of nitrogens with two attached hydrogens (primary N) is 1. The zero-order valence-electron chi connectivity index (χ0n) is 27.7. The minimum Gasteiger partial charge on any atom is -0.496 e. The third kappa shape index (κ3) is 8.19. The van der Waals surface area contributed by atoms with Crippen LogP contribution < -0.4 is 10.5 Å². The Morgan fingerprint density at radius 2 is 1.67 bits per heavy atom. The SMILES string of the molecule is COc1ccc(CN2CCC(C)CC2)cc1-c1cccc2c(CCC(=O)O)cccc12.Cc1cc(C2CC(F)(F)C2)cc(F)c1C(N)=O. The molecular weight excluding hydrogens is 617 g/mol. The van der Waals surface area contributed by atoms with E-state index in [-0.39, 0.29) is 30.7 Å². The monoisotopic (exact) mass is 660 g/mol. The first-order valence-electron chi connectivity index (χ1n) is 16.4. The molecule has 3 N–H and O–H groups in total. The molecule has 0 aromatic heterocycles. The van der Waals surface area contributed by atoms with E-state index in [2.05, 4.69) is 54.3 Å². The van der Waals surface area contributed by atoms with Crippen LogP contribution in [0.3, 0.4) is 0 Å². The van der Waals surface area contributed by atoms with Crippen LogP contribution in [0.25, 0.3) is 21.9 Å². The summed E-state index contributed by atoms with van der Waals surface area (Å²) in [5, 5.41) is 11.3. The summed E-state index contributed by atoms with van der Waals surface area (Å²) in [5.74, 6) is -3.63. The van der Waals surface area contributed by atoms with Gasteiger partial charge < -0.3 is 15.6 Å². The molecule has 1 saturated carbocycles. The molecule has 0 atom stereocenters. The zero-order chi connectivity index (χ0) is 34.6. The van der Waals surface area contributed by atoms with Gasteiger partial charge in [0.25, 0.3) is 5.91 Å². The van der Waals surface area contributed by atoms with Crippen molar-refractivity contribution in [2.24, 2.45) is 11.7 Å². The minimum absolute atomic E-state index is 0.136. The van der Waals surface area contributed by atoms with Crippen molar-refractivity contribution in [3.8, 4) is 16.9 Å². The summed E-state index contributed by atoms with van der Waals surface area (Å²) in [7, 11) is 1.72. The molecule has 254 valence electrons. The number of benzene rings is 4. The second kappa shape index (κ2) is 14.8. The Bertz CT molecular complexity index is 1770. The van der Waals surface area contributed by atoms with Crippen LogP contribution in [0, 0.1) is 18.7 Å². The van der Waals surface area contributed by atoms with E-state index in [0.29, 0.717) is 17.5 Å². The predicted molar refractivity (Wildman–Crippen MR) is 182 cm³/mol. The Morgan fingerprint density at radius 3 is 2.29 bits per heavy atom. The molecule has 1 amide bonds. The number of piperidine rings is 1. The number of amides is 1. The molecule has 1 heterocycles. The normalized spacial score (nSPS) is 16.5. The summed E-state index contributed by atoms with van der Waals surface area (Å²) in [5.41, 5.74) is 10.3. The minimum atomic E-state index is -2.64. The van der Waals surface area contributed by atoms with Gasteiger partial charge >= 0.3 is 5.97 Å². The molecule has 0 unspecified atom stereocenters. The van der Waals surface area contributed by atoms with E-state index in [1.165, 1.54) is 18.4 Å². The standard InChI is InChI=1S/C27H31NO3.C12H12F3NO/c1-19-13-15-28(16-14-19)18-20-9-11-26(31-2)25(17-20)24-8-4-6-22-21(10-12-27(29)30)5-3-7-23(22)24;1-6-2-7(8-4-12(14,15)5-8)3-9(13)10(6)11(16)17/h3-9,11,17,19H,10,12-16,18H2,1-2H3,(H,29,30);2-3,8H,4-5H2,1H3,(H2,16,17). The van der Waals surface area contributed by atoms with Gasteiger partial charge in [0, 0.05) is 31.4 Å². The Labute approximate surface area is 279 Å². The van der Waals surface area contributed by atoms with Gasteiger partial charge in [0.05, 0.1) is 12.7 Å². The second-order valence-corrected chi connectivity index (χ2v) is 13.2. The number of hydrogen-bond acceptors (Lipinski definition) is 4. The van der Waals surface area contributed by atoms with Gasteiger partial charge in [-0.15, -0.1) is 0 Å². The number of halogens is 3. The highest BCUT2D eigenvalue weighted by molar-refractivity contribution is 6.00. The number of alkyl halides is 2. The molecule has 4 aromatic carbocycles. The number of carboxylic acids is 1. The summed E-state index contributed by atoms with van der Waals surface area (Å²) in [6.45, 7) is 7.16. The Morgan fingerprint density at radius 1 is 0.979 bits per heavy atom. The van der Waals surface area contributed by atoms with Gasteiger partial charge in [-0.2, -0.15) is 0 Å². The number of carbonyl (C=O) groups excluding carboxylic acids is 1. The molecule has 48 heavy (non-hydrogen) atoms. The maximum Gasteiger partial charge on any atom is 0.303 e. The van der Waals surface area contributed by atoms with Crippen molar-refractivity contribution in [3.63, 3.8) is 0 Å². The summed E-state index contributed by atoms with van der Waals surface area (Å²) < 4.78 is 44.7. The van der Waals surface area contributed by atoms with Crippen LogP contribution in [0.1, 0.15) is 77.6 Å². The number of methoxy groups -OCH3 is 1. The van der Waals surface area contributed by atoms with Crippen molar-refractivity contribution in [3.05, 3.63) is 100 Å². The smallest absolute Gasteiger partial charge is 0.303 e. The lowest BCUT2D eigenvalue weighted by molar-refractivity contribution is -0.136. The summed E-state index contributed by atoms with van der Waals surface area (Å²) in [6, 6.07) is 21.6. The quantitative estimate of drug-likeness (QED) is 0.188. The molecular formula is C39H43F3N2O4. The zero-order valence-corrected chi connectivity index (χ0v) is 27.7. The lowest BCUT2D eigenvalue weighted by Gasteiger charge is -2.35. The number of nitrogens with zero attached hydrogens (tertiary/aromatic N) is 1. The lowest BCUT2D eigenvalue weighted by atomic mass is 9.76. The number of fused-ring (bicyclic) bond motifs is 1. The van der Waals surface area contributed by atoms with E-state index in [9.17, 15) is 22.8 Å². The molecule has 1 saturated heterocycles. The molecule has 4 aromatic rings. The van der Waals surface area contributed by atoms with Crippen LogP contribution in [0.4, 0.5) is 13.2 Å². The van der Waals surface area contributed by atoms with Gasteiger partial charge in [0.15, 0.2) is 0 Å². The number of carboxylic acid groups (broad SMARTS) is 1. The van der Waals surface area contributed by atoms with E-state index in [1.54, 1.807) is 20.1 Å². The fourth-order valence-corrected chi connectivity index (χ4v) is 6.83. The van der Waals surface area contributed by atoms with Crippen molar-refractivity contribution in [1.82, 2.24) is 4.90 Å². The molecule has 9 heteroatoms. The van der Waals surface area contributed by atoms with Crippen LogP contribution in [-0.2, 0) is 17.8 Å². The summed E-state index contributed by atoms with van der Waals surface area (Å²) in [4.78, 5) is 24.6. The van der Waals surface area contributed by atoms with Crippen LogP contribution in [0.5, 0.6) is 5.75 Å². The molecule has 2 fully saturated rings. The number of carbonyl (C=O) groups is 2. The van der Waals surface area contributed by atoms with Gasteiger partial charge in [-0.05, 0) is 108 Å². The predicted octanol–water partition coefficient (Wildman–Crippen LogP) is 8.51. The van der Waals surface area contributed by atoms with Crippen LogP contribution >= 0.6 is 0 Å². The topological polar surface area (TPSA) is 92.9 Å². The number of aliphatic carboxylic acids is 1. The number of rotatable bonds is 9. The number of aryl methyl sites for hydroxylation is 2. The average Bonchev–Trinajstić information content (AvgIpc) is 3.03. The first-order chi connectivity index (χ1) is 22.8. The van der Waals surface area contributed by atoms with Crippen molar-refractivity contribution in [2.45, 2.75) is 70.8 Å². The van der Waals surface area contributed by atoms with Crippen molar-refractivity contribution >= 4 is 22.6 Å². The third-order valence-electron chi connectivity index (χ3n) is 9.57. The van der Waals surface area contributed by atoms with E-state index in [1.807, 2.05) is 12.1 Å². The fraction of sp³-hybridized carbons (Fsp3) is 0.385. The summed E-state index contributed by atoms with van der Waals surface area (Å²) >= 11 is 0. The van der Waals surface area contributed by atoms with Gasteiger partial charge in [-0.3, -0.25) is 14.5 Å². The molecule has 0 bridgehead atoms. The molecule has 0 spiro atoms. The fourth-order valence-electron chi connectivity index (χ4n) is 6.83.